The van der Waals surface area contributed by atoms with Gasteiger partial charge in [-0.15, -0.1) is 17.9 Å². The van der Waals surface area contributed by atoms with Crippen LogP contribution in [-0.4, -0.2) is 47.8 Å². The number of thiazole rings is 1. The van der Waals surface area contributed by atoms with Crippen molar-refractivity contribution in [3.8, 4) is 34.2 Å². The van der Waals surface area contributed by atoms with Crippen LogP contribution in [0.3, 0.4) is 0 Å². The van der Waals surface area contributed by atoms with Gasteiger partial charge in [0.2, 0.25) is 10.6 Å². The van der Waals surface area contributed by atoms with E-state index in [9.17, 15) is 0 Å². The van der Waals surface area contributed by atoms with E-state index in [1.165, 1.54) is 11.3 Å². The number of rotatable bonds is 9. The van der Waals surface area contributed by atoms with Crippen LogP contribution in [0, 0.1) is 0 Å². The summed E-state index contributed by atoms with van der Waals surface area (Å²) >= 11 is 1.50. The summed E-state index contributed by atoms with van der Waals surface area (Å²) in [6, 6.07) is 12.0. The molecular formula is C26H27N5O3S. The maximum Gasteiger partial charge on any atom is 0.206 e. The van der Waals surface area contributed by atoms with Crippen LogP contribution in [0.4, 0.5) is 0 Å². The van der Waals surface area contributed by atoms with Crippen molar-refractivity contribution in [3.63, 3.8) is 0 Å². The van der Waals surface area contributed by atoms with Crippen molar-refractivity contribution in [2.75, 3.05) is 27.9 Å². The SMILES string of the molecule is C=CCN=c1scc(-c2cc(OC)c(OC)c(OC)c2)n1N=C(C)c1ccc(-n2ccnc2)cc1. The van der Waals surface area contributed by atoms with Gasteiger partial charge >= 0.3 is 0 Å². The quantitative estimate of drug-likeness (QED) is 0.250. The lowest BCUT2D eigenvalue weighted by atomic mass is 10.1. The van der Waals surface area contributed by atoms with E-state index in [0.717, 1.165) is 33.0 Å². The zero-order chi connectivity index (χ0) is 24.8. The monoisotopic (exact) mass is 489 g/mol. The molecule has 0 aliphatic rings. The first-order valence-corrected chi connectivity index (χ1v) is 11.7. The number of imidazole rings is 1. The summed E-state index contributed by atoms with van der Waals surface area (Å²) in [4.78, 5) is 9.50. The molecule has 0 spiro atoms. The highest BCUT2D eigenvalue weighted by Gasteiger charge is 2.17. The van der Waals surface area contributed by atoms with Crippen LogP contribution in [0.15, 0.2) is 83.2 Å². The molecule has 0 saturated heterocycles. The van der Waals surface area contributed by atoms with E-state index in [4.69, 9.17) is 19.3 Å². The average Bonchev–Trinajstić information content (AvgIpc) is 3.57. The molecule has 0 amide bonds. The maximum absolute atomic E-state index is 5.55. The highest BCUT2D eigenvalue weighted by molar-refractivity contribution is 7.07. The van der Waals surface area contributed by atoms with Gasteiger partial charge in [0.1, 0.15) is 0 Å². The van der Waals surface area contributed by atoms with Crippen LogP contribution in [-0.2, 0) is 0 Å². The number of nitrogens with zero attached hydrogens (tertiary/aromatic N) is 5. The Labute approximate surface area is 208 Å². The Morgan fingerprint density at radius 1 is 1.09 bits per heavy atom. The van der Waals surface area contributed by atoms with Gasteiger partial charge in [0, 0.05) is 29.0 Å². The van der Waals surface area contributed by atoms with Crippen LogP contribution in [0.25, 0.3) is 16.9 Å². The minimum Gasteiger partial charge on any atom is -0.493 e. The van der Waals surface area contributed by atoms with Gasteiger partial charge in [-0.2, -0.15) is 5.10 Å². The lowest BCUT2D eigenvalue weighted by Crippen LogP contribution is -2.14. The summed E-state index contributed by atoms with van der Waals surface area (Å²) < 4.78 is 20.4. The zero-order valence-electron chi connectivity index (χ0n) is 20.1. The fourth-order valence-corrected chi connectivity index (χ4v) is 4.41. The van der Waals surface area contributed by atoms with Crippen LogP contribution >= 0.6 is 11.3 Å². The Morgan fingerprint density at radius 3 is 2.37 bits per heavy atom. The Kier molecular flexibility index (Phi) is 7.47. The van der Waals surface area contributed by atoms with Crippen LogP contribution in [0.1, 0.15) is 12.5 Å². The second kappa shape index (κ2) is 10.9. The molecule has 4 rings (SSSR count). The molecule has 2 heterocycles. The number of hydrogen-bond acceptors (Lipinski definition) is 7. The normalized spacial score (nSPS) is 12.0. The Morgan fingerprint density at radius 2 is 1.80 bits per heavy atom. The molecule has 0 N–H and O–H groups in total. The molecule has 35 heavy (non-hydrogen) atoms. The molecule has 0 aliphatic carbocycles. The summed E-state index contributed by atoms with van der Waals surface area (Å²) in [5, 5.41) is 6.96. The van der Waals surface area contributed by atoms with E-state index in [-0.39, 0.29) is 0 Å². The smallest absolute Gasteiger partial charge is 0.206 e. The minimum absolute atomic E-state index is 0.489. The second-order valence-corrected chi connectivity index (χ2v) is 8.30. The Balaban J connectivity index is 1.81. The van der Waals surface area contributed by atoms with Crippen molar-refractivity contribution in [1.29, 1.82) is 0 Å². The van der Waals surface area contributed by atoms with Crippen molar-refractivity contribution in [2.45, 2.75) is 6.92 Å². The molecule has 0 fully saturated rings. The molecule has 0 aliphatic heterocycles. The van der Waals surface area contributed by atoms with Crippen molar-refractivity contribution in [1.82, 2.24) is 14.2 Å². The van der Waals surface area contributed by atoms with Gasteiger partial charge < -0.3 is 18.8 Å². The minimum atomic E-state index is 0.489. The molecule has 0 unspecified atom stereocenters. The highest BCUT2D eigenvalue weighted by Crippen LogP contribution is 2.41. The first-order chi connectivity index (χ1) is 17.1. The van der Waals surface area contributed by atoms with Gasteiger partial charge in [-0.25, -0.2) is 9.66 Å². The molecule has 8 nitrogen and oxygen atoms in total. The Hall–Kier alpha value is -4.11. The summed E-state index contributed by atoms with van der Waals surface area (Å²) in [5.41, 5.74) is 4.59. The molecule has 0 saturated carbocycles. The van der Waals surface area contributed by atoms with Gasteiger partial charge in [-0.1, -0.05) is 18.2 Å². The van der Waals surface area contributed by atoms with Crippen LogP contribution < -0.4 is 19.0 Å². The molecule has 0 bridgehead atoms. The largest absolute Gasteiger partial charge is 0.493 e. The number of ether oxygens (including phenoxy) is 3. The average molecular weight is 490 g/mol. The molecular weight excluding hydrogens is 462 g/mol. The van der Waals surface area contributed by atoms with Crippen molar-refractivity contribution >= 4 is 17.0 Å². The molecule has 4 aromatic rings. The standard InChI is InChI=1S/C26H27N5O3S/c1-6-11-28-26-31(29-18(2)19-7-9-21(10-8-19)30-13-12-27-17-30)22(16-35-26)20-14-23(32-3)25(34-5)24(15-20)33-4/h6-10,12-17H,1,11H2,2-5H3. The van der Waals surface area contributed by atoms with Gasteiger partial charge in [0.25, 0.3) is 0 Å². The predicted octanol–water partition coefficient (Wildman–Crippen LogP) is 4.79. The summed E-state index contributed by atoms with van der Waals surface area (Å²) in [5.74, 6) is 1.68. The van der Waals surface area contributed by atoms with Gasteiger partial charge in [-0.3, -0.25) is 4.99 Å². The fourth-order valence-electron chi connectivity index (χ4n) is 3.57. The molecule has 9 heteroatoms. The fraction of sp³-hybridized carbons (Fsp3) is 0.192. The lowest BCUT2D eigenvalue weighted by molar-refractivity contribution is 0.324. The summed E-state index contributed by atoms with van der Waals surface area (Å²) in [6.45, 7) is 6.25. The number of methoxy groups -OCH3 is 3. The van der Waals surface area contributed by atoms with Crippen LogP contribution in [0.2, 0.25) is 0 Å². The lowest BCUT2D eigenvalue weighted by Gasteiger charge is -2.14. The van der Waals surface area contributed by atoms with E-state index in [2.05, 4.69) is 16.6 Å². The van der Waals surface area contributed by atoms with E-state index in [1.807, 2.05) is 64.1 Å². The van der Waals surface area contributed by atoms with Gasteiger partial charge in [0.05, 0.1) is 45.6 Å². The van der Waals surface area contributed by atoms with Crippen molar-refractivity contribution in [3.05, 3.63) is 83.5 Å². The Bertz CT molecular complexity index is 1370. The third-order valence-electron chi connectivity index (χ3n) is 5.34. The van der Waals surface area contributed by atoms with Gasteiger partial charge in [0.15, 0.2) is 11.5 Å². The molecule has 2 aromatic heterocycles. The molecule has 2 aromatic carbocycles. The molecule has 0 atom stereocenters. The molecule has 0 radical (unpaired) electrons. The van der Waals surface area contributed by atoms with Crippen molar-refractivity contribution < 1.29 is 14.2 Å². The zero-order valence-corrected chi connectivity index (χ0v) is 21.0. The predicted molar refractivity (Wildman–Crippen MR) is 139 cm³/mol. The van der Waals surface area contributed by atoms with Gasteiger partial charge in [-0.05, 0) is 36.8 Å². The van der Waals surface area contributed by atoms with E-state index >= 15 is 0 Å². The first kappa shape index (κ1) is 24.0. The maximum atomic E-state index is 5.55. The summed E-state index contributed by atoms with van der Waals surface area (Å²) in [7, 11) is 4.79. The third-order valence-corrected chi connectivity index (χ3v) is 6.19. The highest BCUT2D eigenvalue weighted by atomic mass is 32.1. The third kappa shape index (κ3) is 5.04. The summed E-state index contributed by atoms with van der Waals surface area (Å²) in [6.07, 6.45) is 7.20. The number of benzene rings is 2. The van der Waals surface area contributed by atoms with Crippen molar-refractivity contribution in [2.24, 2.45) is 10.1 Å². The second-order valence-electron chi connectivity index (χ2n) is 7.46. The first-order valence-electron chi connectivity index (χ1n) is 10.9. The van der Waals surface area contributed by atoms with E-state index in [0.29, 0.717) is 23.8 Å². The molecule has 180 valence electrons. The number of aromatic nitrogens is 3. The van der Waals surface area contributed by atoms with E-state index in [1.54, 1.807) is 39.9 Å². The van der Waals surface area contributed by atoms with E-state index < -0.39 is 0 Å². The topological polar surface area (TPSA) is 75.2 Å². The number of hydrogen-bond donors (Lipinski definition) is 0. The van der Waals surface area contributed by atoms with Crippen LogP contribution in [0.5, 0.6) is 17.2 Å².